The summed E-state index contributed by atoms with van der Waals surface area (Å²) >= 11 is 0. The van der Waals surface area contributed by atoms with E-state index in [1.807, 2.05) is 18.2 Å². The number of para-hydroxylation sites is 1. The lowest BCUT2D eigenvalue weighted by molar-refractivity contribution is 0.101. The summed E-state index contributed by atoms with van der Waals surface area (Å²) in [4.78, 5) is 24.2. The van der Waals surface area contributed by atoms with Crippen LogP contribution in [0.5, 0.6) is 0 Å². The van der Waals surface area contributed by atoms with E-state index in [-0.39, 0.29) is 16.6 Å². The van der Waals surface area contributed by atoms with E-state index in [1.54, 1.807) is 30.3 Å². The number of hydrogen-bond donors (Lipinski definition) is 1. The van der Waals surface area contributed by atoms with Gasteiger partial charge in [0.15, 0.2) is 5.78 Å². The summed E-state index contributed by atoms with van der Waals surface area (Å²) in [5.74, 6) is -0.477. The van der Waals surface area contributed by atoms with Crippen LogP contribution in [-0.2, 0) is 16.4 Å². The molecule has 0 unspecified atom stereocenters. The fraction of sp³-hybridized carbons (Fsp3) is 0.130. The van der Waals surface area contributed by atoms with Gasteiger partial charge in [0, 0.05) is 23.4 Å². The number of nitrogens with zero attached hydrogens (tertiary/aromatic N) is 1. The number of ketones is 1. The Kier molecular flexibility index (Phi) is 5.13. The van der Waals surface area contributed by atoms with E-state index in [2.05, 4.69) is 5.32 Å². The van der Waals surface area contributed by atoms with Crippen LogP contribution in [0.4, 0.5) is 11.4 Å². The first-order valence-electron chi connectivity index (χ1n) is 9.49. The molecule has 0 aromatic heterocycles. The standard InChI is InChI=1S/C23H20N2O4S/c1-16(26)19-6-4-7-20(15-19)24-23(27)18-9-11-21(12-10-18)30(28,29)25-14-13-17-5-2-3-8-22(17)25/h2-12,15H,13-14H2,1H3,(H,24,27). The third-order valence-corrected chi connectivity index (χ3v) is 6.90. The fourth-order valence-corrected chi connectivity index (χ4v) is 4.99. The van der Waals surface area contributed by atoms with E-state index in [4.69, 9.17) is 0 Å². The average Bonchev–Trinajstić information content (AvgIpc) is 3.19. The minimum atomic E-state index is -3.70. The first-order chi connectivity index (χ1) is 14.4. The van der Waals surface area contributed by atoms with Crippen LogP contribution in [0.2, 0.25) is 0 Å². The zero-order chi connectivity index (χ0) is 21.3. The van der Waals surface area contributed by atoms with Crippen LogP contribution in [-0.4, -0.2) is 26.7 Å². The lowest BCUT2D eigenvalue weighted by atomic mass is 10.1. The van der Waals surface area contributed by atoms with Crippen molar-refractivity contribution in [3.05, 3.63) is 89.5 Å². The number of carbonyl (C=O) groups is 2. The molecule has 1 amide bonds. The van der Waals surface area contributed by atoms with Gasteiger partial charge in [-0.05, 0) is 61.4 Å². The maximum absolute atomic E-state index is 13.1. The number of sulfonamides is 1. The number of anilines is 2. The van der Waals surface area contributed by atoms with Gasteiger partial charge < -0.3 is 5.32 Å². The van der Waals surface area contributed by atoms with Crippen molar-refractivity contribution in [3.63, 3.8) is 0 Å². The Morgan fingerprint density at radius 3 is 2.37 bits per heavy atom. The molecule has 3 aromatic rings. The van der Waals surface area contributed by atoms with Gasteiger partial charge in [0.1, 0.15) is 0 Å². The highest BCUT2D eigenvalue weighted by Crippen LogP contribution is 2.32. The van der Waals surface area contributed by atoms with Crippen molar-refractivity contribution in [3.8, 4) is 0 Å². The highest BCUT2D eigenvalue weighted by atomic mass is 32.2. The number of nitrogens with one attached hydrogen (secondary N) is 1. The Morgan fingerprint density at radius 2 is 1.63 bits per heavy atom. The van der Waals surface area contributed by atoms with E-state index in [9.17, 15) is 18.0 Å². The summed E-state index contributed by atoms with van der Waals surface area (Å²) in [5.41, 5.74) is 3.02. The average molecular weight is 420 g/mol. The Hall–Kier alpha value is -3.45. The molecule has 1 aliphatic heterocycles. The molecule has 30 heavy (non-hydrogen) atoms. The molecule has 1 N–H and O–H groups in total. The number of fused-ring (bicyclic) bond motifs is 1. The lowest BCUT2D eigenvalue weighted by Gasteiger charge is -2.19. The van der Waals surface area contributed by atoms with Gasteiger partial charge >= 0.3 is 0 Å². The highest BCUT2D eigenvalue weighted by Gasteiger charge is 2.30. The van der Waals surface area contributed by atoms with E-state index in [0.717, 1.165) is 5.56 Å². The molecule has 0 saturated heterocycles. The Labute approximate surface area is 175 Å². The first kappa shape index (κ1) is 19.8. The minimum Gasteiger partial charge on any atom is -0.322 e. The number of amides is 1. The molecule has 0 radical (unpaired) electrons. The minimum absolute atomic E-state index is 0.0934. The maximum Gasteiger partial charge on any atom is 0.264 e. The third-order valence-electron chi connectivity index (χ3n) is 5.08. The molecule has 7 heteroatoms. The van der Waals surface area contributed by atoms with Crippen molar-refractivity contribution in [2.24, 2.45) is 0 Å². The van der Waals surface area contributed by atoms with Gasteiger partial charge in [-0.25, -0.2) is 8.42 Å². The monoisotopic (exact) mass is 420 g/mol. The van der Waals surface area contributed by atoms with Crippen molar-refractivity contribution in [2.75, 3.05) is 16.2 Å². The lowest BCUT2D eigenvalue weighted by Crippen LogP contribution is -2.29. The number of benzene rings is 3. The van der Waals surface area contributed by atoms with Crippen molar-refractivity contribution < 1.29 is 18.0 Å². The van der Waals surface area contributed by atoms with Crippen LogP contribution in [0.25, 0.3) is 0 Å². The quantitative estimate of drug-likeness (QED) is 0.635. The van der Waals surface area contributed by atoms with Gasteiger partial charge in [0.25, 0.3) is 15.9 Å². The summed E-state index contributed by atoms with van der Waals surface area (Å²) in [5, 5.41) is 2.73. The molecule has 3 aromatic carbocycles. The second-order valence-corrected chi connectivity index (χ2v) is 8.93. The van der Waals surface area contributed by atoms with Gasteiger partial charge in [-0.3, -0.25) is 13.9 Å². The van der Waals surface area contributed by atoms with Crippen molar-refractivity contribution in [2.45, 2.75) is 18.2 Å². The van der Waals surface area contributed by atoms with E-state index < -0.39 is 10.0 Å². The third kappa shape index (κ3) is 3.71. The van der Waals surface area contributed by atoms with Crippen molar-refractivity contribution in [1.82, 2.24) is 0 Å². The first-order valence-corrected chi connectivity index (χ1v) is 10.9. The zero-order valence-electron chi connectivity index (χ0n) is 16.3. The maximum atomic E-state index is 13.1. The number of carbonyl (C=O) groups excluding carboxylic acids is 2. The largest absolute Gasteiger partial charge is 0.322 e. The normalized spacial score (nSPS) is 13.0. The molecular weight excluding hydrogens is 400 g/mol. The Balaban J connectivity index is 1.53. The Morgan fingerprint density at radius 1 is 0.900 bits per heavy atom. The van der Waals surface area contributed by atoms with Crippen LogP contribution >= 0.6 is 0 Å². The topological polar surface area (TPSA) is 83.5 Å². The molecule has 0 bridgehead atoms. The Bertz CT molecular complexity index is 1230. The second-order valence-electron chi connectivity index (χ2n) is 7.07. The van der Waals surface area contributed by atoms with Crippen LogP contribution in [0.1, 0.15) is 33.2 Å². The van der Waals surface area contributed by atoms with Gasteiger partial charge in [-0.15, -0.1) is 0 Å². The number of rotatable bonds is 5. The molecule has 1 aliphatic rings. The molecule has 1 heterocycles. The van der Waals surface area contributed by atoms with E-state index >= 15 is 0 Å². The number of Topliss-reactive ketones (excluding diaryl/α,β-unsaturated/α-hetero) is 1. The number of hydrogen-bond acceptors (Lipinski definition) is 4. The molecule has 0 spiro atoms. The van der Waals surface area contributed by atoms with Gasteiger partial charge in [-0.1, -0.05) is 30.3 Å². The molecule has 6 nitrogen and oxygen atoms in total. The molecule has 4 rings (SSSR count). The molecule has 0 atom stereocenters. The van der Waals surface area contributed by atoms with Crippen LogP contribution in [0, 0.1) is 0 Å². The summed E-state index contributed by atoms with van der Waals surface area (Å²) < 4.78 is 27.5. The second kappa shape index (κ2) is 7.76. The van der Waals surface area contributed by atoms with Crippen LogP contribution < -0.4 is 9.62 Å². The van der Waals surface area contributed by atoms with E-state index in [1.165, 1.54) is 35.5 Å². The summed E-state index contributed by atoms with van der Waals surface area (Å²) in [6, 6.07) is 20.0. The molecule has 152 valence electrons. The predicted octanol–water partition coefficient (Wildman–Crippen LogP) is 3.89. The van der Waals surface area contributed by atoms with Gasteiger partial charge in [-0.2, -0.15) is 0 Å². The van der Waals surface area contributed by atoms with Gasteiger partial charge in [0.05, 0.1) is 10.6 Å². The fourth-order valence-electron chi connectivity index (χ4n) is 3.48. The van der Waals surface area contributed by atoms with Crippen LogP contribution in [0.3, 0.4) is 0 Å². The molecular formula is C23H20N2O4S. The zero-order valence-corrected chi connectivity index (χ0v) is 17.1. The smallest absolute Gasteiger partial charge is 0.264 e. The SMILES string of the molecule is CC(=O)c1cccc(NC(=O)c2ccc(S(=O)(=O)N3CCc4ccccc43)cc2)c1. The van der Waals surface area contributed by atoms with Crippen LogP contribution in [0.15, 0.2) is 77.7 Å². The molecule has 0 saturated carbocycles. The molecule has 0 aliphatic carbocycles. The highest BCUT2D eigenvalue weighted by molar-refractivity contribution is 7.92. The summed E-state index contributed by atoms with van der Waals surface area (Å²) in [7, 11) is -3.70. The summed E-state index contributed by atoms with van der Waals surface area (Å²) in [6.45, 7) is 1.86. The van der Waals surface area contributed by atoms with Crippen molar-refractivity contribution >= 4 is 33.1 Å². The summed E-state index contributed by atoms with van der Waals surface area (Å²) in [6.07, 6.45) is 0.676. The molecule has 0 fully saturated rings. The van der Waals surface area contributed by atoms with E-state index in [0.29, 0.717) is 35.5 Å². The van der Waals surface area contributed by atoms with Gasteiger partial charge in [0.2, 0.25) is 0 Å². The van der Waals surface area contributed by atoms with Crippen molar-refractivity contribution in [1.29, 1.82) is 0 Å². The predicted molar refractivity (Wildman–Crippen MR) is 116 cm³/mol.